The molecule has 1 aliphatic rings. The van der Waals surface area contributed by atoms with E-state index in [0.717, 1.165) is 14.9 Å². The summed E-state index contributed by atoms with van der Waals surface area (Å²) in [6, 6.07) is 16.0. The van der Waals surface area contributed by atoms with Gasteiger partial charge in [0.25, 0.3) is 5.91 Å². The number of rotatable bonds is 5. The summed E-state index contributed by atoms with van der Waals surface area (Å²) in [6.07, 6.45) is 0. The molecule has 3 rings (SSSR count). The number of carbonyl (C=O) groups excluding carboxylic acids is 3. The molecule has 4 amide bonds. The van der Waals surface area contributed by atoms with Crippen LogP contribution in [0.15, 0.2) is 59.1 Å². The van der Waals surface area contributed by atoms with E-state index in [1.807, 2.05) is 30.3 Å². The molecule has 140 valence electrons. The van der Waals surface area contributed by atoms with E-state index in [0.29, 0.717) is 12.1 Å². The molecule has 7 heteroatoms. The molecule has 1 fully saturated rings. The summed E-state index contributed by atoms with van der Waals surface area (Å²) < 4.78 is 0.899. The molecular weight excluding hydrogens is 410 g/mol. The molecule has 0 aromatic heterocycles. The molecule has 1 N–H and O–H groups in total. The van der Waals surface area contributed by atoms with Gasteiger partial charge >= 0.3 is 6.03 Å². The first-order valence-corrected chi connectivity index (χ1v) is 9.29. The average Bonchev–Trinajstić information content (AvgIpc) is 2.88. The Morgan fingerprint density at radius 2 is 1.74 bits per heavy atom. The molecule has 0 bridgehead atoms. The van der Waals surface area contributed by atoms with Gasteiger partial charge in [0.1, 0.15) is 12.1 Å². The normalized spacial score (nSPS) is 19.1. The minimum Gasteiger partial charge on any atom is -0.340 e. The molecule has 0 spiro atoms. The Morgan fingerprint density at radius 3 is 2.41 bits per heavy atom. The third-order valence-corrected chi connectivity index (χ3v) is 5.48. The minimum absolute atomic E-state index is 0.298. The van der Waals surface area contributed by atoms with Crippen LogP contribution in [-0.2, 0) is 21.7 Å². The number of hydrogen-bond acceptors (Lipinski definition) is 3. The highest BCUT2D eigenvalue weighted by Gasteiger charge is 2.49. The number of urea groups is 1. The predicted molar refractivity (Wildman–Crippen MR) is 105 cm³/mol. The number of amides is 4. The van der Waals surface area contributed by atoms with E-state index < -0.39 is 17.5 Å². The zero-order valence-corrected chi connectivity index (χ0v) is 16.7. The van der Waals surface area contributed by atoms with Crippen LogP contribution in [0.2, 0.25) is 0 Å². The Balaban J connectivity index is 1.72. The molecule has 2 aromatic carbocycles. The number of hydrogen-bond donors (Lipinski definition) is 1. The van der Waals surface area contributed by atoms with E-state index in [4.69, 9.17) is 0 Å². The largest absolute Gasteiger partial charge is 0.340 e. The van der Waals surface area contributed by atoms with Crippen LogP contribution in [0.25, 0.3) is 0 Å². The van der Waals surface area contributed by atoms with E-state index >= 15 is 0 Å². The van der Waals surface area contributed by atoms with Crippen LogP contribution in [0.5, 0.6) is 0 Å². The van der Waals surface area contributed by atoms with Crippen LogP contribution in [-0.4, -0.2) is 41.2 Å². The first-order chi connectivity index (χ1) is 12.8. The van der Waals surface area contributed by atoms with Gasteiger partial charge in [-0.3, -0.25) is 14.5 Å². The maximum Gasteiger partial charge on any atom is 0.325 e. The van der Waals surface area contributed by atoms with Gasteiger partial charge in [-0.1, -0.05) is 64.5 Å². The van der Waals surface area contributed by atoms with Crippen molar-refractivity contribution in [1.29, 1.82) is 0 Å². The first-order valence-electron chi connectivity index (χ1n) is 8.50. The summed E-state index contributed by atoms with van der Waals surface area (Å²) in [7, 11) is 1.65. The lowest BCUT2D eigenvalue weighted by atomic mass is 9.92. The molecule has 6 nitrogen and oxygen atoms in total. The molecule has 27 heavy (non-hydrogen) atoms. The van der Waals surface area contributed by atoms with Crippen molar-refractivity contribution >= 4 is 33.8 Å². The van der Waals surface area contributed by atoms with Gasteiger partial charge < -0.3 is 10.2 Å². The topological polar surface area (TPSA) is 69.7 Å². The lowest BCUT2D eigenvalue weighted by molar-refractivity contribution is -0.138. The van der Waals surface area contributed by atoms with Crippen molar-refractivity contribution in [2.45, 2.75) is 19.0 Å². The van der Waals surface area contributed by atoms with E-state index in [2.05, 4.69) is 21.2 Å². The maximum atomic E-state index is 12.9. The Kier molecular flexibility index (Phi) is 5.32. The van der Waals surface area contributed by atoms with E-state index in [9.17, 15) is 14.4 Å². The van der Waals surface area contributed by atoms with Gasteiger partial charge in [0.2, 0.25) is 5.91 Å². The second-order valence-electron chi connectivity index (χ2n) is 6.65. The van der Waals surface area contributed by atoms with Gasteiger partial charge in [0, 0.05) is 18.1 Å². The second-order valence-corrected chi connectivity index (χ2v) is 7.51. The number of halogens is 1. The highest BCUT2D eigenvalue weighted by Crippen LogP contribution is 2.28. The fraction of sp³-hybridized carbons (Fsp3) is 0.250. The van der Waals surface area contributed by atoms with Crippen LogP contribution in [0, 0.1) is 0 Å². The summed E-state index contributed by atoms with van der Waals surface area (Å²) in [5.41, 5.74) is 0.458. The SMILES string of the molecule is CN(Cc1ccccc1Br)C(=O)CN1C(=O)NC(C)(c2ccccc2)C1=O. The van der Waals surface area contributed by atoms with Crippen molar-refractivity contribution in [3.8, 4) is 0 Å². The fourth-order valence-electron chi connectivity index (χ4n) is 3.03. The standard InChI is InChI=1S/C20H20BrN3O3/c1-20(15-9-4-3-5-10-15)18(26)24(19(27)22-20)13-17(25)23(2)12-14-8-6-7-11-16(14)21/h3-11H,12-13H2,1-2H3,(H,22,27). The van der Waals surface area contributed by atoms with E-state index in [-0.39, 0.29) is 12.5 Å². The summed E-state index contributed by atoms with van der Waals surface area (Å²) in [5.74, 6) is -0.743. The highest BCUT2D eigenvalue weighted by molar-refractivity contribution is 9.10. The highest BCUT2D eigenvalue weighted by atomic mass is 79.9. The zero-order valence-electron chi connectivity index (χ0n) is 15.1. The smallest absolute Gasteiger partial charge is 0.325 e. The number of nitrogens with zero attached hydrogens (tertiary/aromatic N) is 2. The van der Waals surface area contributed by atoms with Crippen molar-refractivity contribution in [2.24, 2.45) is 0 Å². The lowest BCUT2D eigenvalue weighted by Gasteiger charge is -2.23. The van der Waals surface area contributed by atoms with Crippen molar-refractivity contribution < 1.29 is 14.4 Å². The van der Waals surface area contributed by atoms with Gasteiger partial charge in [0.05, 0.1) is 0 Å². The van der Waals surface area contributed by atoms with Crippen LogP contribution >= 0.6 is 15.9 Å². The zero-order chi connectivity index (χ0) is 19.6. The quantitative estimate of drug-likeness (QED) is 0.742. The fourth-order valence-corrected chi connectivity index (χ4v) is 3.44. The Labute approximate surface area is 166 Å². The molecule has 0 aliphatic carbocycles. The molecule has 1 unspecified atom stereocenters. The Hall–Kier alpha value is -2.67. The van der Waals surface area contributed by atoms with Crippen molar-refractivity contribution in [2.75, 3.05) is 13.6 Å². The van der Waals surface area contributed by atoms with Crippen LogP contribution in [0.4, 0.5) is 4.79 Å². The Bertz CT molecular complexity index is 887. The number of likely N-dealkylation sites (N-methyl/N-ethyl adjacent to an activating group) is 1. The van der Waals surface area contributed by atoms with Gasteiger partial charge in [-0.05, 0) is 24.1 Å². The molecule has 1 aliphatic heterocycles. The van der Waals surface area contributed by atoms with Gasteiger partial charge in [-0.15, -0.1) is 0 Å². The van der Waals surface area contributed by atoms with Crippen molar-refractivity contribution in [3.63, 3.8) is 0 Å². The minimum atomic E-state index is -1.17. The molecule has 1 atom stereocenters. The van der Waals surface area contributed by atoms with Crippen LogP contribution < -0.4 is 5.32 Å². The lowest BCUT2D eigenvalue weighted by Crippen LogP contribution is -2.43. The summed E-state index contributed by atoms with van der Waals surface area (Å²) in [4.78, 5) is 40.3. The summed E-state index contributed by atoms with van der Waals surface area (Å²) in [6.45, 7) is 1.73. The monoisotopic (exact) mass is 429 g/mol. The second kappa shape index (κ2) is 7.52. The number of imide groups is 1. The predicted octanol–water partition coefficient (Wildman–Crippen LogP) is 2.87. The third-order valence-electron chi connectivity index (χ3n) is 4.71. The maximum absolute atomic E-state index is 12.9. The molecule has 1 heterocycles. The molecule has 1 saturated heterocycles. The molecule has 0 saturated carbocycles. The van der Waals surface area contributed by atoms with Crippen LogP contribution in [0.1, 0.15) is 18.1 Å². The van der Waals surface area contributed by atoms with Gasteiger partial charge in [0.15, 0.2) is 0 Å². The van der Waals surface area contributed by atoms with Gasteiger partial charge in [-0.2, -0.15) is 0 Å². The molecule has 2 aromatic rings. The van der Waals surface area contributed by atoms with Crippen molar-refractivity contribution in [1.82, 2.24) is 15.1 Å². The number of benzene rings is 2. The van der Waals surface area contributed by atoms with E-state index in [1.54, 1.807) is 38.2 Å². The number of carbonyl (C=O) groups is 3. The van der Waals surface area contributed by atoms with Crippen molar-refractivity contribution in [3.05, 3.63) is 70.2 Å². The van der Waals surface area contributed by atoms with Gasteiger partial charge in [-0.25, -0.2) is 4.79 Å². The Morgan fingerprint density at radius 1 is 1.11 bits per heavy atom. The van der Waals surface area contributed by atoms with E-state index in [1.165, 1.54) is 4.90 Å². The first kappa shape index (κ1) is 19.1. The summed E-state index contributed by atoms with van der Waals surface area (Å²) in [5, 5.41) is 2.71. The third kappa shape index (κ3) is 3.73. The number of nitrogens with one attached hydrogen (secondary N) is 1. The summed E-state index contributed by atoms with van der Waals surface area (Å²) >= 11 is 3.46. The molecule has 0 radical (unpaired) electrons. The average molecular weight is 430 g/mol. The van der Waals surface area contributed by atoms with Crippen LogP contribution in [0.3, 0.4) is 0 Å². The molecular formula is C20H20BrN3O3.